The van der Waals surface area contributed by atoms with E-state index in [1.165, 1.54) is 0 Å². The highest BCUT2D eigenvalue weighted by atomic mass is 35.5. The summed E-state index contributed by atoms with van der Waals surface area (Å²) in [6.45, 7) is 3.99. The highest BCUT2D eigenvalue weighted by Crippen LogP contribution is 2.18. The Kier molecular flexibility index (Phi) is 7.86. The van der Waals surface area contributed by atoms with Gasteiger partial charge in [-0.05, 0) is 13.8 Å². The molecule has 16 heavy (non-hydrogen) atoms. The minimum absolute atomic E-state index is 0. The Hall–Kier alpha value is -0.430. The maximum Gasteiger partial charge on any atom is 0.183 e. The number of hydrogen-bond donors (Lipinski definition) is 3. The number of nitrogens with zero attached hydrogens (tertiary/aromatic N) is 3. The van der Waals surface area contributed by atoms with Crippen molar-refractivity contribution in [3.05, 3.63) is 0 Å². The summed E-state index contributed by atoms with van der Waals surface area (Å²) in [5.74, 6) is 0.270. The molecule has 1 aliphatic heterocycles. The topological polar surface area (TPSA) is 92.3 Å². The summed E-state index contributed by atoms with van der Waals surface area (Å²) in [6.07, 6.45) is -0.913. The summed E-state index contributed by atoms with van der Waals surface area (Å²) in [5, 5.41) is 33.5. The lowest BCUT2D eigenvalue weighted by Crippen LogP contribution is -2.45. The van der Waals surface area contributed by atoms with Gasteiger partial charge in [0.05, 0.1) is 13.2 Å². The molecule has 3 N–H and O–H groups in total. The zero-order chi connectivity index (χ0) is 10.8. The van der Waals surface area contributed by atoms with Gasteiger partial charge in [-0.1, -0.05) is 0 Å². The number of hydrogen-bond acceptors (Lipinski definition) is 5. The molecule has 0 fully saturated rings. The van der Waals surface area contributed by atoms with Crippen LogP contribution in [0.1, 0.15) is 13.8 Å². The molecule has 0 saturated heterocycles. The van der Waals surface area contributed by atoms with Crippen molar-refractivity contribution in [2.75, 3.05) is 19.7 Å². The van der Waals surface area contributed by atoms with E-state index in [1.807, 2.05) is 0 Å². The molecule has 1 unspecified atom stereocenters. The Labute approximate surface area is 107 Å². The number of aliphatic hydroxyl groups is 2. The standard InChI is InChI=1S/C8H16N4O2.2ClH/c1-8(2)7(9)12(3-4-13)5-6(14)10-11-8;;/h6,9,13-14H,3-5H2,1-2H3;2*1H. The van der Waals surface area contributed by atoms with Crippen LogP contribution < -0.4 is 0 Å². The molecule has 0 aromatic heterocycles. The van der Waals surface area contributed by atoms with Gasteiger partial charge in [0.2, 0.25) is 0 Å². The van der Waals surface area contributed by atoms with Gasteiger partial charge in [-0.2, -0.15) is 10.2 Å². The Morgan fingerprint density at radius 3 is 2.56 bits per heavy atom. The molecule has 0 amide bonds. The molecule has 0 radical (unpaired) electrons. The summed E-state index contributed by atoms with van der Waals surface area (Å²) < 4.78 is 0. The lowest BCUT2D eigenvalue weighted by atomic mass is 10.0. The van der Waals surface area contributed by atoms with Gasteiger partial charge < -0.3 is 15.1 Å². The lowest BCUT2D eigenvalue weighted by Gasteiger charge is -2.28. The van der Waals surface area contributed by atoms with Crippen LogP contribution in [0.5, 0.6) is 0 Å². The third-order valence-electron chi connectivity index (χ3n) is 2.09. The highest BCUT2D eigenvalue weighted by Gasteiger charge is 2.31. The number of azo groups is 1. The van der Waals surface area contributed by atoms with Crippen molar-refractivity contribution in [1.29, 1.82) is 5.41 Å². The lowest BCUT2D eigenvalue weighted by molar-refractivity contribution is 0.137. The van der Waals surface area contributed by atoms with E-state index in [9.17, 15) is 5.11 Å². The zero-order valence-corrected chi connectivity index (χ0v) is 10.9. The quantitative estimate of drug-likeness (QED) is 0.690. The fourth-order valence-corrected chi connectivity index (χ4v) is 1.29. The first kappa shape index (κ1) is 17.9. The predicted octanol–water partition coefficient (Wildman–Crippen LogP) is 0.664. The van der Waals surface area contributed by atoms with Gasteiger partial charge in [0.25, 0.3) is 0 Å². The Morgan fingerprint density at radius 1 is 1.50 bits per heavy atom. The molecule has 1 aliphatic rings. The SMILES string of the molecule is CC1(C)N=NC(O)CN(CCO)C1=N.Cl.Cl. The second-order valence-corrected chi connectivity index (χ2v) is 3.77. The number of rotatable bonds is 2. The summed E-state index contributed by atoms with van der Waals surface area (Å²) in [4.78, 5) is 1.59. The molecule has 0 saturated carbocycles. The summed E-state index contributed by atoms with van der Waals surface area (Å²) in [5.41, 5.74) is -0.730. The second kappa shape index (κ2) is 7.01. The van der Waals surface area contributed by atoms with E-state index >= 15 is 0 Å². The minimum Gasteiger partial charge on any atom is -0.395 e. The molecule has 0 bridgehead atoms. The van der Waals surface area contributed by atoms with E-state index in [1.54, 1.807) is 18.7 Å². The van der Waals surface area contributed by atoms with Gasteiger partial charge in [-0.25, -0.2) is 0 Å². The molecule has 0 aromatic rings. The number of halogens is 2. The predicted molar refractivity (Wildman–Crippen MR) is 65.8 cm³/mol. The van der Waals surface area contributed by atoms with Crippen LogP contribution in [0.4, 0.5) is 0 Å². The van der Waals surface area contributed by atoms with E-state index in [2.05, 4.69) is 10.2 Å². The maximum atomic E-state index is 9.36. The first-order chi connectivity index (χ1) is 6.47. The molecule has 1 atom stereocenters. The van der Waals surface area contributed by atoms with Crippen molar-refractivity contribution in [3.63, 3.8) is 0 Å². The summed E-state index contributed by atoms with van der Waals surface area (Å²) >= 11 is 0. The first-order valence-corrected chi connectivity index (χ1v) is 4.52. The van der Waals surface area contributed by atoms with E-state index in [0.29, 0.717) is 6.54 Å². The molecule has 6 nitrogen and oxygen atoms in total. The van der Waals surface area contributed by atoms with Gasteiger partial charge in [0.15, 0.2) is 6.23 Å². The van der Waals surface area contributed by atoms with E-state index in [0.717, 1.165) is 0 Å². The van der Waals surface area contributed by atoms with Crippen LogP contribution in [-0.4, -0.2) is 52.4 Å². The Bertz CT molecular complexity index is 260. The first-order valence-electron chi connectivity index (χ1n) is 4.52. The van der Waals surface area contributed by atoms with Crippen LogP contribution in [0.2, 0.25) is 0 Å². The zero-order valence-electron chi connectivity index (χ0n) is 9.25. The highest BCUT2D eigenvalue weighted by molar-refractivity contribution is 5.88. The molecule has 0 spiro atoms. The van der Waals surface area contributed by atoms with Crippen molar-refractivity contribution < 1.29 is 10.2 Å². The summed E-state index contributed by atoms with van der Waals surface area (Å²) in [6, 6.07) is 0. The van der Waals surface area contributed by atoms with Gasteiger partial charge >= 0.3 is 0 Å². The fraction of sp³-hybridized carbons (Fsp3) is 0.875. The van der Waals surface area contributed by atoms with E-state index in [4.69, 9.17) is 10.5 Å². The molecule has 0 aliphatic carbocycles. The van der Waals surface area contributed by atoms with Gasteiger partial charge in [-0.15, -0.1) is 24.8 Å². The second-order valence-electron chi connectivity index (χ2n) is 3.77. The van der Waals surface area contributed by atoms with Crippen LogP contribution in [0.3, 0.4) is 0 Å². The maximum absolute atomic E-state index is 9.36. The molecular weight excluding hydrogens is 255 g/mol. The average molecular weight is 273 g/mol. The van der Waals surface area contributed by atoms with E-state index < -0.39 is 11.8 Å². The average Bonchev–Trinajstić information content (AvgIpc) is 2.20. The molecule has 8 heteroatoms. The normalized spacial score (nSPS) is 23.1. The molecule has 1 rings (SSSR count). The van der Waals surface area contributed by atoms with Crippen molar-refractivity contribution >= 4 is 30.6 Å². The van der Waals surface area contributed by atoms with Crippen LogP contribution in [-0.2, 0) is 0 Å². The molecular formula is C8H18Cl2N4O2. The van der Waals surface area contributed by atoms with E-state index in [-0.39, 0.29) is 43.8 Å². The minimum atomic E-state index is -0.913. The van der Waals surface area contributed by atoms with Gasteiger partial charge in [0.1, 0.15) is 11.4 Å². The van der Waals surface area contributed by atoms with Gasteiger partial charge in [0, 0.05) is 6.54 Å². The summed E-state index contributed by atoms with van der Waals surface area (Å²) in [7, 11) is 0. The Balaban J connectivity index is 0. The number of aliphatic hydroxyl groups excluding tert-OH is 2. The monoisotopic (exact) mass is 272 g/mol. The largest absolute Gasteiger partial charge is 0.395 e. The van der Waals surface area contributed by atoms with Crippen LogP contribution in [0.25, 0.3) is 0 Å². The molecule has 96 valence electrons. The fourth-order valence-electron chi connectivity index (χ4n) is 1.29. The van der Waals surface area contributed by atoms with Crippen LogP contribution in [0, 0.1) is 5.41 Å². The third-order valence-corrected chi connectivity index (χ3v) is 2.09. The van der Waals surface area contributed by atoms with Crippen molar-refractivity contribution in [2.45, 2.75) is 25.6 Å². The molecule has 0 aromatic carbocycles. The third kappa shape index (κ3) is 4.21. The van der Waals surface area contributed by atoms with Gasteiger partial charge in [-0.3, -0.25) is 5.41 Å². The Morgan fingerprint density at radius 2 is 2.06 bits per heavy atom. The number of nitrogens with one attached hydrogen (secondary N) is 1. The smallest absolute Gasteiger partial charge is 0.183 e. The van der Waals surface area contributed by atoms with Crippen LogP contribution >= 0.6 is 24.8 Å². The van der Waals surface area contributed by atoms with Crippen molar-refractivity contribution in [1.82, 2.24) is 4.90 Å². The number of amidine groups is 1. The number of β-amino-alcohol motifs (C(OH)–C–C–N with tert-alkyl or cyclic N) is 2. The van der Waals surface area contributed by atoms with Crippen LogP contribution in [0.15, 0.2) is 10.2 Å². The molecule has 1 heterocycles. The van der Waals surface area contributed by atoms with Crippen molar-refractivity contribution in [3.8, 4) is 0 Å². The van der Waals surface area contributed by atoms with Crippen molar-refractivity contribution in [2.24, 2.45) is 10.2 Å².